The molecule has 0 N–H and O–H groups in total. The first-order valence-electron chi connectivity index (χ1n) is 3.96. The van der Waals surface area contributed by atoms with E-state index in [4.69, 9.17) is 0 Å². The highest BCUT2D eigenvalue weighted by atomic mass is 79.9. The summed E-state index contributed by atoms with van der Waals surface area (Å²) in [5.74, 6) is -0.192. The Morgan fingerprint density at radius 2 is 2.23 bits per heavy atom. The molecule has 0 aromatic heterocycles. The zero-order valence-electron chi connectivity index (χ0n) is 7.31. The van der Waals surface area contributed by atoms with Gasteiger partial charge in [0.2, 0.25) is 0 Å². The third-order valence-electron chi connectivity index (χ3n) is 1.79. The van der Waals surface area contributed by atoms with Gasteiger partial charge in [0.05, 0.1) is 5.33 Å². The molecule has 1 aromatic carbocycles. The third kappa shape index (κ3) is 2.92. The number of carbonyl (C=O) groups is 1. The average Bonchev–Trinajstić information content (AvgIpc) is 2.11. The number of benzene rings is 1. The van der Waals surface area contributed by atoms with Gasteiger partial charge in [0.1, 0.15) is 11.6 Å². The smallest absolute Gasteiger partial charge is 0.147 e. The van der Waals surface area contributed by atoms with Crippen molar-refractivity contribution in [3.8, 4) is 0 Å². The molecule has 3 heteroatoms. The van der Waals surface area contributed by atoms with Crippen LogP contribution in [0.2, 0.25) is 0 Å². The minimum absolute atomic E-state index is 0.0586. The topological polar surface area (TPSA) is 17.1 Å². The summed E-state index contributed by atoms with van der Waals surface area (Å²) in [6.07, 6.45) is 0.294. The lowest BCUT2D eigenvalue weighted by Gasteiger charge is -2.00. The maximum absolute atomic E-state index is 13.0. The number of ketones is 1. The van der Waals surface area contributed by atoms with Crippen molar-refractivity contribution in [2.75, 3.05) is 5.33 Å². The van der Waals surface area contributed by atoms with Gasteiger partial charge in [-0.05, 0) is 24.1 Å². The molecule has 1 nitrogen and oxygen atoms in total. The van der Waals surface area contributed by atoms with Gasteiger partial charge < -0.3 is 0 Å². The summed E-state index contributed by atoms with van der Waals surface area (Å²) in [7, 11) is 0. The van der Waals surface area contributed by atoms with E-state index in [-0.39, 0.29) is 11.6 Å². The van der Waals surface area contributed by atoms with Crippen LogP contribution in [0.5, 0.6) is 0 Å². The normalized spacial score (nSPS) is 10.1. The number of Topliss-reactive ketones (excluding diaryl/α,β-unsaturated/α-hetero) is 1. The minimum Gasteiger partial charge on any atom is -0.298 e. The van der Waals surface area contributed by atoms with Gasteiger partial charge in [-0.25, -0.2) is 4.39 Å². The van der Waals surface area contributed by atoms with Crippen LogP contribution in [0, 0.1) is 12.7 Å². The molecule has 0 aliphatic rings. The highest BCUT2D eigenvalue weighted by Crippen LogP contribution is 2.10. The lowest BCUT2D eigenvalue weighted by Crippen LogP contribution is -2.03. The van der Waals surface area contributed by atoms with Crippen molar-refractivity contribution in [1.82, 2.24) is 0 Å². The maximum Gasteiger partial charge on any atom is 0.147 e. The Hall–Kier alpha value is -0.700. The molecule has 0 aliphatic heterocycles. The largest absolute Gasteiger partial charge is 0.298 e. The van der Waals surface area contributed by atoms with Gasteiger partial charge in [0.15, 0.2) is 0 Å². The monoisotopic (exact) mass is 244 g/mol. The molecule has 1 aromatic rings. The summed E-state index contributed by atoms with van der Waals surface area (Å²) in [5, 5.41) is 0.322. The molecule has 0 saturated carbocycles. The van der Waals surface area contributed by atoms with E-state index < -0.39 is 0 Å². The predicted molar refractivity (Wildman–Crippen MR) is 53.6 cm³/mol. The van der Waals surface area contributed by atoms with Crippen LogP contribution in [0.3, 0.4) is 0 Å². The lowest BCUT2D eigenvalue weighted by atomic mass is 10.1. The first-order valence-corrected chi connectivity index (χ1v) is 5.08. The van der Waals surface area contributed by atoms with Crippen molar-refractivity contribution < 1.29 is 9.18 Å². The molecule has 0 heterocycles. The van der Waals surface area contributed by atoms with E-state index in [1.165, 1.54) is 6.07 Å². The molecule has 0 atom stereocenters. The molecule has 0 spiro atoms. The Bertz CT molecular complexity index is 323. The minimum atomic E-state index is -0.250. The summed E-state index contributed by atoms with van der Waals surface area (Å²) in [4.78, 5) is 11.0. The van der Waals surface area contributed by atoms with Crippen LogP contribution in [0.1, 0.15) is 11.1 Å². The molecule has 0 unspecified atom stereocenters. The van der Waals surface area contributed by atoms with Gasteiger partial charge in [-0.15, -0.1) is 0 Å². The fourth-order valence-electron chi connectivity index (χ4n) is 1.02. The van der Waals surface area contributed by atoms with Gasteiger partial charge >= 0.3 is 0 Å². The van der Waals surface area contributed by atoms with Crippen molar-refractivity contribution in [1.29, 1.82) is 0 Å². The second-order valence-electron chi connectivity index (χ2n) is 2.93. The average molecular weight is 245 g/mol. The number of hydrogen-bond donors (Lipinski definition) is 0. The molecular formula is C10H10BrFO. The Morgan fingerprint density at radius 1 is 1.54 bits per heavy atom. The van der Waals surface area contributed by atoms with Crippen molar-refractivity contribution in [3.63, 3.8) is 0 Å². The molecule has 0 aliphatic carbocycles. The zero-order chi connectivity index (χ0) is 9.84. The van der Waals surface area contributed by atoms with Crippen molar-refractivity contribution in [2.45, 2.75) is 13.3 Å². The van der Waals surface area contributed by atoms with Crippen molar-refractivity contribution >= 4 is 21.7 Å². The standard InChI is InChI=1S/C10H10BrFO/c1-7-2-3-8(5-10(7)12)4-9(13)6-11/h2-3,5H,4,6H2,1H3. The number of carbonyl (C=O) groups excluding carboxylic acids is 1. The number of rotatable bonds is 3. The van der Waals surface area contributed by atoms with Crippen LogP contribution in [-0.2, 0) is 11.2 Å². The fraction of sp³-hybridized carbons (Fsp3) is 0.300. The highest BCUT2D eigenvalue weighted by molar-refractivity contribution is 9.09. The molecule has 0 fully saturated rings. The SMILES string of the molecule is Cc1ccc(CC(=O)CBr)cc1F. The van der Waals surface area contributed by atoms with E-state index in [9.17, 15) is 9.18 Å². The summed E-state index contributed by atoms with van der Waals surface area (Å²) in [5.41, 5.74) is 1.34. The first-order chi connectivity index (χ1) is 6.13. The second kappa shape index (κ2) is 4.51. The van der Waals surface area contributed by atoms with Crippen LogP contribution in [0.4, 0.5) is 4.39 Å². The van der Waals surface area contributed by atoms with Gasteiger partial charge in [0, 0.05) is 6.42 Å². The van der Waals surface area contributed by atoms with Crippen LogP contribution in [-0.4, -0.2) is 11.1 Å². The highest BCUT2D eigenvalue weighted by Gasteiger charge is 2.03. The molecule has 13 heavy (non-hydrogen) atoms. The van der Waals surface area contributed by atoms with Gasteiger partial charge in [-0.1, -0.05) is 28.1 Å². The van der Waals surface area contributed by atoms with E-state index in [1.807, 2.05) is 0 Å². The molecule has 0 amide bonds. The number of hydrogen-bond acceptors (Lipinski definition) is 1. The van der Waals surface area contributed by atoms with Crippen molar-refractivity contribution in [3.05, 3.63) is 35.1 Å². The van der Waals surface area contributed by atoms with Crippen LogP contribution in [0.25, 0.3) is 0 Å². The summed E-state index contributed by atoms with van der Waals surface area (Å²) in [6.45, 7) is 1.70. The molecule has 0 radical (unpaired) electrons. The van der Waals surface area contributed by atoms with Crippen molar-refractivity contribution in [2.24, 2.45) is 0 Å². The van der Waals surface area contributed by atoms with Crippen LogP contribution in [0.15, 0.2) is 18.2 Å². The number of halogens is 2. The Morgan fingerprint density at radius 3 is 2.77 bits per heavy atom. The Balaban J connectivity index is 2.79. The van der Waals surface area contributed by atoms with Crippen LogP contribution < -0.4 is 0 Å². The maximum atomic E-state index is 13.0. The van der Waals surface area contributed by atoms with Gasteiger partial charge in [-0.3, -0.25) is 4.79 Å². The first kappa shape index (κ1) is 10.4. The van der Waals surface area contributed by atoms with E-state index in [2.05, 4.69) is 15.9 Å². The van der Waals surface area contributed by atoms with Gasteiger partial charge in [-0.2, -0.15) is 0 Å². The van der Waals surface area contributed by atoms with E-state index in [1.54, 1.807) is 19.1 Å². The van der Waals surface area contributed by atoms with Gasteiger partial charge in [0.25, 0.3) is 0 Å². The van der Waals surface area contributed by atoms with Crippen LogP contribution >= 0.6 is 15.9 Å². The van der Waals surface area contributed by atoms with E-state index in [0.29, 0.717) is 17.3 Å². The molecule has 0 bridgehead atoms. The predicted octanol–water partition coefficient (Wildman–Crippen LogP) is 2.64. The number of alkyl halides is 1. The summed E-state index contributed by atoms with van der Waals surface area (Å²) in [6, 6.07) is 4.88. The lowest BCUT2D eigenvalue weighted by molar-refractivity contribution is -0.115. The van der Waals surface area contributed by atoms with E-state index >= 15 is 0 Å². The Labute approximate surface area is 85.1 Å². The third-order valence-corrected chi connectivity index (χ3v) is 2.41. The number of aryl methyl sites for hydroxylation is 1. The second-order valence-corrected chi connectivity index (χ2v) is 3.49. The summed E-state index contributed by atoms with van der Waals surface area (Å²) < 4.78 is 13.0. The molecule has 70 valence electrons. The molecule has 0 saturated heterocycles. The quantitative estimate of drug-likeness (QED) is 0.748. The van der Waals surface area contributed by atoms with E-state index in [0.717, 1.165) is 5.56 Å². The Kier molecular flexibility index (Phi) is 3.60. The molecular weight excluding hydrogens is 235 g/mol. The molecule has 1 rings (SSSR count). The zero-order valence-corrected chi connectivity index (χ0v) is 8.90. The fourth-order valence-corrected chi connectivity index (χ4v) is 1.22. The summed E-state index contributed by atoms with van der Waals surface area (Å²) >= 11 is 3.06.